The molecule has 2 rings (SSSR count). The Kier molecular flexibility index (Phi) is 3.30. The lowest BCUT2D eigenvalue weighted by molar-refractivity contribution is 0.274. The predicted molar refractivity (Wildman–Crippen MR) is 67.1 cm³/mol. The standard InChI is InChI=1S/C13H14ClNO/c1-9(2)8-16-13-5-6-15-12-7-10(14)3-4-11(12)13/h3-7,9H,8H2,1-2H3. The summed E-state index contributed by atoms with van der Waals surface area (Å²) in [6.45, 7) is 4.96. The van der Waals surface area contributed by atoms with Crippen molar-refractivity contribution in [3.05, 3.63) is 35.5 Å². The van der Waals surface area contributed by atoms with Gasteiger partial charge in [0, 0.05) is 16.6 Å². The lowest BCUT2D eigenvalue weighted by Gasteiger charge is -2.10. The van der Waals surface area contributed by atoms with Gasteiger partial charge >= 0.3 is 0 Å². The summed E-state index contributed by atoms with van der Waals surface area (Å²) in [7, 11) is 0. The van der Waals surface area contributed by atoms with Crippen molar-refractivity contribution in [2.24, 2.45) is 5.92 Å². The van der Waals surface area contributed by atoms with Crippen molar-refractivity contribution >= 4 is 22.5 Å². The van der Waals surface area contributed by atoms with Crippen LogP contribution in [0.15, 0.2) is 30.5 Å². The van der Waals surface area contributed by atoms with Crippen LogP contribution in [0.2, 0.25) is 5.02 Å². The van der Waals surface area contributed by atoms with Crippen molar-refractivity contribution in [3.63, 3.8) is 0 Å². The molecular weight excluding hydrogens is 222 g/mol. The zero-order valence-corrected chi connectivity index (χ0v) is 10.2. The molecule has 1 heterocycles. The van der Waals surface area contributed by atoms with E-state index in [1.165, 1.54) is 0 Å². The van der Waals surface area contributed by atoms with E-state index in [0.717, 1.165) is 16.7 Å². The zero-order valence-electron chi connectivity index (χ0n) is 9.40. The molecule has 0 saturated carbocycles. The van der Waals surface area contributed by atoms with Gasteiger partial charge in [-0.1, -0.05) is 25.4 Å². The summed E-state index contributed by atoms with van der Waals surface area (Å²) in [6.07, 6.45) is 1.74. The highest BCUT2D eigenvalue weighted by Crippen LogP contribution is 2.26. The molecule has 0 spiro atoms. The number of pyridine rings is 1. The van der Waals surface area contributed by atoms with Crippen LogP contribution >= 0.6 is 11.6 Å². The lowest BCUT2D eigenvalue weighted by Crippen LogP contribution is -2.04. The highest BCUT2D eigenvalue weighted by atomic mass is 35.5. The van der Waals surface area contributed by atoms with Gasteiger partial charge in [0.2, 0.25) is 0 Å². The fraction of sp³-hybridized carbons (Fsp3) is 0.308. The van der Waals surface area contributed by atoms with Crippen LogP contribution in [0.3, 0.4) is 0 Å². The van der Waals surface area contributed by atoms with Crippen molar-refractivity contribution in [2.45, 2.75) is 13.8 Å². The molecule has 0 amide bonds. The summed E-state index contributed by atoms with van der Waals surface area (Å²) < 4.78 is 5.74. The maximum Gasteiger partial charge on any atom is 0.130 e. The smallest absolute Gasteiger partial charge is 0.130 e. The van der Waals surface area contributed by atoms with Gasteiger partial charge in [0.05, 0.1) is 12.1 Å². The number of aromatic nitrogens is 1. The second kappa shape index (κ2) is 4.71. The summed E-state index contributed by atoms with van der Waals surface area (Å²) >= 11 is 5.92. The predicted octanol–water partition coefficient (Wildman–Crippen LogP) is 3.92. The van der Waals surface area contributed by atoms with Crippen LogP contribution in [0.25, 0.3) is 10.9 Å². The van der Waals surface area contributed by atoms with Crippen molar-refractivity contribution in [3.8, 4) is 5.75 Å². The van der Waals surface area contributed by atoms with E-state index in [4.69, 9.17) is 16.3 Å². The number of rotatable bonds is 3. The molecule has 2 nitrogen and oxygen atoms in total. The Bertz CT molecular complexity index is 496. The van der Waals surface area contributed by atoms with Crippen molar-refractivity contribution in [1.29, 1.82) is 0 Å². The lowest BCUT2D eigenvalue weighted by atomic mass is 10.2. The Labute approximate surface area is 100 Å². The summed E-state index contributed by atoms with van der Waals surface area (Å²) in [6, 6.07) is 7.53. The Balaban J connectivity index is 2.38. The minimum atomic E-state index is 0.510. The maximum atomic E-state index is 5.92. The Hall–Kier alpha value is -1.28. The van der Waals surface area contributed by atoms with Gasteiger partial charge in [-0.15, -0.1) is 0 Å². The average Bonchev–Trinajstić information content (AvgIpc) is 2.25. The average molecular weight is 236 g/mol. The molecule has 2 aromatic rings. The molecule has 0 unspecified atom stereocenters. The maximum absolute atomic E-state index is 5.92. The zero-order chi connectivity index (χ0) is 11.5. The molecule has 0 bridgehead atoms. The van der Waals surface area contributed by atoms with E-state index in [1.54, 1.807) is 6.20 Å². The summed E-state index contributed by atoms with van der Waals surface area (Å²) in [5.41, 5.74) is 0.869. The Morgan fingerprint density at radius 2 is 2.12 bits per heavy atom. The van der Waals surface area contributed by atoms with E-state index in [2.05, 4.69) is 18.8 Å². The molecule has 0 aliphatic carbocycles. The molecule has 84 valence electrons. The molecule has 1 aromatic heterocycles. The Morgan fingerprint density at radius 3 is 2.88 bits per heavy atom. The normalized spacial score (nSPS) is 11.0. The van der Waals surface area contributed by atoms with Gasteiger partial charge in [0.25, 0.3) is 0 Å². The first-order valence-electron chi connectivity index (χ1n) is 5.34. The van der Waals surface area contributed by atoms with Crippen molar-refractivity contribution in [1.82, 2.24) is 4.98 Å². The fourth-order valence-electron chi connectivity index (χ4n) is 1.48. The van der Waals surface area contributed by atoms with E-state index < -0.39 is 0 Å². The quantitative estimate of drug-likeness (QED) is 0.805. The summed E-state index contributed by atoms with van der Waals surface area (Å²) in [5.74, 6) is 1.38. The van der Waals surface area contributed by atoms with Crippen LogP contribution in [0, 0.1) is 5.92 Å². The van der Waals surface area contributed by atoms with Gasteiger partial charge in [0.1, 0.15) is 5.75 Å². The van der Waals surface area contributed by atoms with E-state index in [1.807, 2.05) is 24.3 Å². The second-order valence-corrected chi connectivity index (χ2v) is 4.61. The van der Waals surface area contributed by atoms with Crippen LogP contribution < -0.4 is 4.74 Å². The first kappa shape index (κ1) is 11.2. The molecule has 0 radical (unpaired) electrons. The van der Waals surface area contributed by atoms with E-state index in [0.29, 0.717) is 17.5 Å². The first-order valence-corrected chi connectivity index (χ1v) is 5.71. The third kappa shape index (κ3) is 2.45. The molecule has 0 N–H and O–H groups in total. The number of benzene rings is 1. The second-order valence-electron chi connectivity index (χ2n) is 4.18. The molecular formula is C13H14ClNO. The number of halogens is 1. The van der Waals surface area contributed by atoms with E-state index in [9.17, 15) is 0 Å². The minimum absolute atomic E-state index is 0.510. The van der Waals surface area contributed by atoms with Gasteiger partial charge in [0.15, 0.2) is 0 Å². The van der Waals surface area contributed by atoms with Gasteiger partial charge in [-0.3, -0.25) is 4.98 Å². The fourth-order valence-corrected chi connectivity index (χ4v) is 1.64. The van der Waals surface area contributed by atoms with Gasteiger partial charge in [-0.2, -0.15) is 0 Å². The molecule has 0 atom stereocenters. The van der Waals surface area contributed by atoms with E-state index >= 15 is 0 Å². The molecule has 16 heavy (non-hydrogen) atoms. The molecule has 0 fully saturated rings. The third-order valence-corrected chi connectivity index (χ3v) is 2.47. The summed E-state index contributed by atoms with van der Waals surface area (Å²) in [5, 5.41) is 1.70. The van der Waals surface area contributed by atoms with Crippen LogP contribution in [-0.2, 0) is 0 Å². The van der Waals surface area contributed by atoms with Crippen LogP contribution in [-0.4, -0.2) is 11.6 Å². The molecule has 3 heteroatoms. The molecule has 0 aliphatic heterocycles. The minimum Gasteiger partial charge on any atom is -0.493 e. The number of hydrogen-bond donors (Lipinski definition) is 0. The topological polar surface area (TPSA) is 22.1 Å². The number of ether oxygens (including phenoxy) is 1. The molecule has 1 aromatic carbocycles. The van der Waals surface area contributed by atoms with Gasteiger partial charge in [-0.25, -0.2) is 0 Å². The SMILES string of the molecule is CC(C)COc1ccnc2cc(Cl)ccc12. The molecule has 0 saturated heterocycles. The molecule has 0 aliphatic rings. The highest BCUT2D eigenvalue weighted by molar-refractivity contribution is 6.31. The van der Waals surface area contributed by atoms with Crippen LogP contribution in [0.5, 0.6) is 5.75 Å². The van der Waals surface area contributed by atoms with Crippen molar-refractivity contribution < 1.29 is 4.74 Å². The van der Waals surface area contributed by atoms with Crippen molar-refractivity contribution in [2.75, 3.05) is 6.61 Å². The van der Waals surface area contributed by atoms with Crippen LogP contribution in [0.4, 0.5) is 0 Å². The summed E-state index contributed by atoms with van der Waals surface area (Å²) in [4.78, 5) is 4.27. The highest BCUT2D eigenvalue weighted by Gasteiger charge is 2.04. The Morgan fingerprint density at radius 1 is 1.31 bits per heavy atom. The van der Waals surface area contributed by atoms with Crippen LogP contribution in [0.1, 0.15) is 13.8 Å². The van der Waals surface area contributed by atoms with E-state index in [-0.39, 0.29) is 0 Å². The largest absolute Gasteiger partial charge is 0.493 e. The van der Waals surface area contributed by atoms with Gasteiger partial charge < -0.3 is 4.74 Å². The van der Waals surface area contributed by atoms with Gasteiger partial charge in [-0.05, 0) is 30.2 Å². The third-order valence-electron chi connectivity index (χ3n) is 2.24. The first-order chi connectivity index (χ1) is 7.66. The number of hydrogen-bond acceptors (Lipinski definition) is 2. The number of fused-ring (bicyclic) bond motifs is 1. The number of nitrogens with zero attached hydrogens (tertiary/aromatic N) is 1. The monoisotopic (exact) mass is 235 g/mol.